The largest absolute Gasteiger partial charge is 0.347 e. The van der Waals surface area contributed by atoms with E-state index in [1.807, 2.05) is 121 Å². The molecule has 0 aliphatic heterocycles. The second-order valence-corrected chi connectivity index (χ2v) is 17.4. The number of hydrogen-bond donors (Lipinski definition) is 2. The molecule has 0 aromatic heterocycles. The molecule has 1 aliphatic rings. The van der Waals surface area contributed by atoms with Crippen LogP contribution >= 0.6 is 15.8 Å². The van der Waals surface area contributed by atoms with Crippen LogP contribution in [0, 0.1) is 0 Å². The summed E-state index contributed by atoms with van der Waals surface area (Å²) in [5.74, 6) is -0.707. The Hall–Kier alpha value is -5.54. The van der Waals surface area contributed by atoms with Crippen LogP contribution in [-0.2, 0) is 0 Å². The minimum absolute atomic E-state index is 0.103. The second kappa shape index (κ2) is 17.5. The van der Waals surface area contributed by atoms with Crippen molar-refractivity contribution < 1.29 is 19.2 Å². The lowest BCUT2D eigenvalue weighted by molar-refractivity contribution is 0.0860. The van der Waals surface area contributed by atoms with Gasteiger partial charge in [0.15, 0.2) is 11.0 Å². The summed E-state index contributed by atoms with van der Waals surface area (Å²) in [5, 5.41) is 10.0. The lowest BCUT2D eigenvalue weighted by atomic mass is 9.89. The van der Waals surface area contributed by atoms with E-state index in [1.54, 1.807) is 48.5 Å². The molecule has 0 heterocycles. The van der Waals surface area contributed by atoms with Gasteiger partial charge in [0, 0.05) is 39.1 Å². The van der Waals surface area contributed by atoms with E-state index in [1.165, 1.54) is 0 Å². The smallest absolute Gasteiger partial charge is 0.252 e. The first kappa shape index (κ1) is 36.8. The van der Waals surface area contributed by atoms with Gasteiger partial charge in [-0.1, -0.05) is 171 Å². The SMILES string of the molecule is O=C(N[C@@H]1CCCC[C@H]1NC(=O)c1ccccc1C(=O)P(c1ccccc1)c1ccccc1)c1ccccc1C(=O)P(c1ccccc1)c1ccccc1. The maximum atomic E-state index is 14.4. The van der Waals surface area contributed by atoms with Gasteiger partial charge in [-0.3, -0.25) is 19.2 Å². The van der Waals surface area contributed by atoms with Crippen molar-refractivity contribution >= 4 is 59.9 Å². The lowest BCUT2D eigenvalue weighted by Crippen LogP contribution is -2.53. The maximum Gasteiger partial charge on any atom is 0.252 e. The third kappa shape index (κ3) is 8.31. The molecule has 0 radical (unpaired) electrons. The van der Waals surface area contributed by atoms with Crippen LogP contribution in [0.15, 0.2) is 170 Å². The summed E-state index contributed by atoms with van der Waals surface area (Å²) in [5.41, 5.74) is 1.15. The highest BCUT2D eigenvalue weighted by atomic mass is 31.1. The zero-order chi connectivity index (χ0) is 37.3. The molecule has 6 aromatic carbocycles. The highest BCUT2D eigenvalue weighted by molar-refractivity contribution is 7.88. The predicted molar refractivity (Wildman–Crippen MR) is 221 cm³/mol. The monoisotopic (exact) mass is 746 g/mol. The summed E-state index contributed by atoms with van der Waals surface area (Å²) in [7, 11) is -2.88. The van der Waals surface area contributed by atoms with E-state index in [2.05, 4.69) is 10.6 Å². The van der Waals surface area contributed by atoms with Crippen LogP contribution in [0.3, 0.4) is 0 Å². The molecule has 2 atom stereocenters. The molecule has 8 heteroatoms. The molecule has 0 spiro atoms. The molecule has 1 aliphatic carbocycles. The standard InChI is InChI=1S/C46H40N2O4P2/c49-43(37-27-13-15-29-39(37)45(51)53(33-19-5-1-6-20-33)34-21-7-2-8-22-34)47-41-31-17-18-32-42(41)48-44(50)38-28-14-16-30-40(38)46(52)54(35-23-9-3-10-24-35)36-25-11-4-12-26-36/h1-16,19-30,41-42H,17-18,31-32H2,(H,47,49)(H,48,50)/t41-,42-/m1/s1. The fraction of sp³-hybridized carbons (Fsp3) is 0.130. The van der Waals surface area contributed by atoms with Crippen molar-refractivity contribution in [3.63, 3.8) is 0 Å². The molecule has 2 amide bonds. The van der Waals surface area contributed by atoms with Crippen LogP contribution in [-0.4, -0.2) is 34.9 Å². The quantitative estimate of drug-likeness (QED) is 0.126. The molecule has 2 N–H and O–H groups in total. The van der Waals surface area contributed by atoms with Gasteiger partial charge < -0.3 is 10.6 Å². The van der Waals surface area contributed by atoms with Crippen LogP contribution in [0.4, 0.5) is 0 Å². The van der Waals surface area contributed by atoms with Crippen LogP contribution in [0.2, 0.25) is 0 Å². The molecule has 54 heavy (non-hydrogen) atoms. The van der Waals surface area contributed by atoms with Crippen molar-refractivity contribution in [3.8, 4) is 0 Å². The van der Waals surface area contributed by atoms with E-state index in [4.69, 9.17) is 0 Å². The number of benzene rings is 6. The molecule has 6 nitrogen and oxygen atoms in total. The first-order chi connectivity index (χ1) is 26.5. The number of nitrogens with one attached hydrogen (secondary N) is 2. The average Bonchev–Trinajstić information content (AvgIpc) is 3.23. The number of hydrogen-bond acceptors (Lipinski definition) is 4. The molecule has 0 bridgehead atoms. The molecule has 6 aromatic rings. The number of rotatable bonds is 12. The Labute approximate surface area is 318 Å². The summed E-state index contributed by atoms with van der Waals surface area (Å²) in [6, 6.07) is 52.1. The third-order valence-corrected chi connectivity index (χ3v) is 14.2. The van der Waals surface area contributed by atoms with E-state index in [-0.39, 0.29) is 34.9 Å². The molecule has 7 rings (SSSR count). The van der Waals surface area contributed by atoms with Gasteiger partial charge in [0.2, 0.25) is 0 Å². The van der Waals surface area contributed by atoms with Gasteiger partial charge in [0.25, 0.3) is 11.8 Å². The van der Waals surface area contributed by atoms with Crippen LogP contribution < -0.4 is 31.9 Å². The zero-order valence-corrected chi connectivity index (χ0v) is 31.5. The Bertz CT molecular complexity index is 1990. The highest BCUT2D eigenvalue weighted by Crippen LogP contribution is 2.40. The van der Waals surface area contributed by atoms with Crippen LogP contribution in [0.5, 0.6) is 0 Å². The Balaban J connectivity index is 1.12. The predicted octanol–water partition coefficient (Wildman–Crippen LogP) is 7.70. The zero-order valence-electron chi connectivity index (χ0n) is 29.7. The molecule has 1 fully saturated rings. The molecule has 0 unspecified atom stereocenters. The van der Waals surface area contributed by atoms with Gasteiger partial charge in [0.1, 0.15) is 0 Å². The van der Waals surface area contributed by atoms with E-state index in [0.717, 1.165) is 34.1 Å². The number of carbonyl (C=O) groups excluding carboxylic acids is 4. The van der Waals surface area contributed by atoms with Gasteiger partial charge >= 0.3 is 0 Å². The van der Waals surface area contributed by atoms with E-state index in [0.29, 0.717) is 35.1 Å². The minimum atomic E-state index is -1.44. The van der Waals surface area contributed by atoms with Gasteiger partial charge in [-0.25, -0.2) is 0 Å². The van der Waals surface area contributed by atoms with Crippen molar-refractivity contribution in [2.75, 3.05) is 0 Å². The average molecular weight is 747 g/mol. The maximum absolute atomic E-state index is 14.4. The van der Waals surface area contributed by atoms with Gasteiger partial charge in [0.05, 0.1) is 11.1 Å². The fourth-order valence-corrected chi connectivity index (χ4v) is 11.3. The molecule has 0 saturated heterocycles. The minimum Gasteiger partial charge on any atom is -0.347 e. The van der Waals surface area contributed by atoms with E-state index >= 15 is 0 Å². The van der Waals surface area contributed by atoms with Gasteiger partial charge in [-0.05, 0) is 46.2 Å². The summed E-state index contributed by atoms with van der Waals surface area (Å²) < 4.78 is 0. The lowest BCUT2D eigenvalue weighted by Gasteiger charge is -2.33. The fourth-order valence-electron chi connectivity index (χ4n) is 7.02. The number of amides is 2. The molecular formula is C46H40N2O4P2. The Morgan fingerprint density at radius 1 is 0.370 bits per heavy atom. The normalized spacial score (nSPS) is 15.4. The Morgan fingerprint density at radius 2 is 0.630 bits per heavy atom. The highest BCUT2D eigenvalue weighted by Gasteiger charge is 2.33. The topological polar surface area (TPSA) is 92.3 Å². The van der Waals surface area contributed by atoms with Crippen molar-refractivity contribution in [2.45, 2.75) is 37.8 Å². The van der Waals surface area contributed by atoms with Gasteiger partial charge in [-0.15, -0.1) is 0 Å². The Morgan fingerprint density at radius 3 is 0.926 bits per heavy atom. The van der Waals surface area contributed by atoms with Crippen molar-refractivity contribution in [3.05, 3.63) is 192 Å². The first-order valence-electron chi connectivity index (χ1n) is 18.2. The third-order valence-electron chi connectivity index (χ3n) is 9.67. The number of carbonyl (C=O) groups is 4. The Kier molecular flexibility index (Phi) is 11.9. The molecule has 1 saturated carbocycles. The van der Waals surface area contributed by atoms with Crippen molar-refractivity contribution in [1.82, 2.24) is 10.6 Å². The molecule has 268 valence electrons. The van der Waals surface area contributed by atoms with Crippen molar-refractivity contribution in [1.29, 1.82) is 0 Å². The van der Waals surface area contributed by atoms with E-state index in [9.17, 15) is 19.2 Å². The summed E-state index contributed by atoms with van der Waals surface area (Å²) in [4.78, 5) is 57.0. The summed E-state index contributed by atoms with van der Waals surface area (Å²) in [6.07, 6.45) is 3.11. The second-order valence-electron chi connectivity index (χ2n) is 13.2. The van der Waals surface area contributed by atoms with E-state index < -0.39 is 15.8 Å². The van der Waals surface area contributed by atoms with Gasteiger partial charge in [-0.2, -0.15) is 0 Å². The summed E-state index contributed by atoms with van der Waals surface area (Å²) in [6.45, 7) is 0. The summed E-state index contributed by atoms with van der Waals surface area (Å²) >= 11 is 0. The van der Waals surface area contributed by atoms with Crippen LogP contribution in [0.1, 0.15) is 67.1 Å². The van der Waals surface area contributed by atoms with Crippen LogP contribution in [0.25, 0.3) is 0 Å². The molecular weight excluding hydrogens is 706 g/mol. The first-order valence-corrected chi connectivity index (χ1v) is 20.9. The van der Waals surface area contributed by atoms with Crippen molar-refractivity contribution in [2.24, 2.45) is 0 Å².